The summed E-state index contributed by atoms with van der Waals surface area (Å²) in [5, 5.41) is 4.28. The van der Waals surface area contributed by atoms with Crippen molar-refractivity contribution in [3.05, 3.63) is 84.2 Å². The molecule has 3 rings (SSSR count). The fourth-order valence-electron chi connectivity index (χ4n) is 2.32. The lowest BCUT2D eigenvalue weighted by atomic mass is 9.94. The third kappa shape index (κ3) is 2.77. The Labute approximate surface area is 123 Å². The molecule has 21 heavy (non-hydrogen) atoms. The first kappa shape index (κ1) is 13.3. The first-order valence-electron chi connectivity index (χ1n) is 6.95. The third-order valence-corrected chi connectivity index (χ3v) is 3.58. The molecule has 0 N–H and O–H groups in total. The van der Waals surface area contributed by atoms with Gasteiger partial charge in [-0.15, -0.1) is 0 Å². The number of carbonyl (C=O) groups is 1. The predicted molar refractivity (Wildman–Crippen MR) is 82.8 cm³/mol. The first-order valence-corrected chi connectivity index (χ1v) is 6.95. The maximum Gasteiger partial charge on any atom is 0.173 e. The largest absolute Gasteiger partial charge is 0.293 e. The number of benzene rings is 2. The lowest BCUT2D eigenvalue weighted by Gasteiger charge is -2.08. The highest BCUT2D eigenvalue weighted by Gasteiger charge is 2.18. The summed E-state index contributed by atoms with van der Waals surface area (Å²) < 4.78 is 1.73. The number of Topliss-reactive ketones (excluding diaryl/α,β-unsaturated/α-hetero) is 1. The number of hydrogen-bond acceptors (Lipinski definition) is 2. The van der Waals surface area contributed by atoms with Crippen LogP contribution in [0.3, 0.4) is 0 Å². The number of nitrogens with zero attached hydrogens (tertiary/aromatic N) is 2. The van der Waals surface area contributed by atoms with Gasteiger partial charge in [0.05, 0.1) is 17.4 Å². The van der Waals surface area contributed by atoms with Gasteiger partial charge in [0.25, 0.3) is 0 Å². The molecule has 0 amide bonds. The minimum absolute atomic E-state index is 0.0865. The van der Waals surface area contributed by atoms with Crippen molar-refractivity contribution in [3.63, 3.8) is 0 Å². The zero-order valence-electron chi connectivity index (χ0n) is 11.8. The Bertz CT molecular complexity index is 732. The molecule has 1 atom stereocenters. The maximum absolute atomic E-state index is 12.5. The number of aromatic nitrogens is 2. The van der Waals surface area contributed by atoms with Crippen molar-refractivity contribution in [3.8, 4) is 5.69 Å². The van der Waals surface area contributed by atoms with Crippen molar-refractivity contribution in [1.29, 1.82) is 0 Å². The highest BCUT2D eigenvalue weighted by molar-refractivity contribution is 6.00. The van der Waals surface area contributed by atoms with Crippen LogP contribution in [-0.2, 0) is 0 Å². The van der Waals surface area contributed by atoms with Gasteiger partial charge in [-0.1, -0.05) is 55.5 Å². The van der Waals surface area contributed by atoms with Crippen LogP contribution in [0.5, 0.6) is 0 Å². The quantitative estimate of drug-likeness (QED) is 0.678. The monoisotopic (exact) mass is 276 g/mol. The molecule has 0 aliphatic heterocycles. The van der Waals surface area contributed by atoms with Gasteiger partial charge in [-0.2, -0.15) is 5.10 Å². The molecule has 0 radical (unpaired) electrons. The van der Waals surface area contributed by atoms with Gasteiger partial charge in [0, 0.05) is 12.1 Å². The number of carbonyl (C=O) groups excluding carboxylic acids is 1. The maximum atomic E-state index is 12.5. The van der Waals surface area contributed by atoms with Crippen molar-refractivity contribution in [2.45, 2.75) is 12.8 Å². The Hall–Kier alpha value is -2.68. The number of para-hydroxylation sites is 1. The molecule has 0 fully saturated rings. The molecule has 1 aromatic heterocycles. The lowest BCUT2D eigenvalue weighted by molar-refractivity contribution is 0.0966. The van der Waals surface area contributed by atoms with Gasteiger partial charge >= 0.3 is 0 Å². The lowest BCUT2D eigenvalue weighted by Crippen LogP contribution is -2.08. The summed E-state index contributed by atoms with van der Waals surface area (Å²) in [6, 6.07) is 19.6. The van der Waals surface area contributed by atoms with Crippen molar-refractivity contribution in [1.82, 2.24) is 9.78 Å². The second kappa shape index (κ2) is 5.75. The van der Waals surface area contributed by atoms with Crippen LogP contribution in [0, 0.1) is 0 Å². The topological polar surface area (TPSA) is 34.9 Å². The van der Waals surface area contributed by atoms with Crippen molar-refractivity contribution in [2.24, 2.45) is 0 Å². The Balaban J connectivity index is 1.85. The zero-order chi connectivity index (χ0) is 14.7. The van der Waals surface area contributed by atoms with E-state index in [-0.39, 0.29) is 11.7 Å². The van der Waals surface area contributed by atoms with Gasteiger partial charge in [0.15, 0.2) is 5.78 Å². The molecule has 0 aliphatic carbocycles. The van der Waals surface area contributed by atoms with Crippen LogP contribution in [0.25, 0.3) is 5.69 Å². The highest BCUT2D eigenvalue weighted by atomic mass is 16.1. The van der Waals surface area contributed by atoms with Crippen molar-refractivity contribution >= 4 is 5.78 Å². The SMILES string of the molecule is CC(C(=O)c1cnn(-c2ccccc2)c1)c1ccccc1. The van der Waals surface area contributed by atoms with Gasteiger partial charge in [-0.3, -0.25) is 4.79 Å². The molecule has 2 aromatic carbocycles. The average molecular weight is 276 g/mol. The van der Waals surface area contributed by atoms with Crippen LogP contribution in [0.1, 0.15) is 28.8 Å². The molecule has 104 valence electrons. The summed E-state index contributed by atoms with van der Waals surface area (Å²) >= 11 is 0. The molecule has 0 spiro atoms. The second-order valence-electron chi connectivity index (χ2n) is 5.01. The standard InChI is InChI=1S/C18H16N2O/c1-14(15-8-4-2-5-9-15)18(21)16-12-19-20(13-16)17-10-6-3-7-11-17/h2-14H,1H3. The molecule has 0 saturated carbocycles. The number of hydrogen-bond donors (Lipinski definition) is 0. The highest BCUT2D eigenvalue weighted by Crippen LogP contribution is 2.20. The van der Waals surface area contributed by atoms with Gasteiger partial charge in [0.2, 0.25) is 0 Å². The van der Waals surface area contributed by atoms with Gasteiger partial charge in [0.1, 0.15) is 0 Å². The number of ketones is 1. The molecule has 0 saturated heterocycles. The summed E-state index contributed by atoms with van der Waals surface area (Å²) in [4.78, 5) is 12.5. The van der Waals surface area contributed by atoms with Gasteiger partial charge in [-0.05, 0) is 17.7 Å². The Kier molecular flexibility index (Phi) is 3.65. The number of rotatable bonds is 4. The Morgan fingerprint density at radius 3 is 2.29 bits per heavy atom. The predicted octanol–water partition coefficient (Wildman–Crippen LogP) is 3.86. The fourth-order valence-corrected chi connectivity index (χ4v) is 2.32. The fraction of sp³-hybridized carbons (Fsp3) is 0.111. The molecule has 0 bridgehead atoms. The van der Waals surface area contributed by atoms with E-state index in [4.69, 9.17) is 0 Å². The van der Waals surface area contributed by atoms with Gasteiger partial charge < -0.3 is 0 Å². The van der Waals surface area contributed by atoms with Crippen LogP contribution in [0.2, 0.25) is 0 Å². The Morgan fingerprint density at radius 1 is 1.00 bits per heavy atom. The molecule has 1 unspecified atom stereocenters. The zero-order valence-corrected chi connectivity index (χ0v) is 11.8. The Morgan fingerprint density at radius 2 is 1.62 bits per heavy atom. The van der Waals surface area contributed by atoms with E-state index in [0.717, 1.165) is 11.3 Å². The molecule has 3 nitrogen and oxygen atoms in total. The van der Waals surface area contributed by atoms with E-state index in [1.54, 1.807) is 17.1 Å². The van der Waals surface area contributed by atoms with Crippen LogP contribution in [0.4, 0.5) is 0 Å². The summed E-state index contributed by atoms with van der Waals surface area (Å²) in [6.07, 6.45) is 3.42. The summed E-state index contributed by atoms with van der Waals surface area (Å²) in [5.74, 6) is -0.0806. The summed E-state index contributed by atoms with van der Waals surface area (Å²) in [6.45, 7) is 1.93. The first-order chi connectivity index (χ1) is 10.3. The molecular formula is C18H16N2O. The van der Waals surface area contributed by atoms with Crippen LogP contribution >= 0.6 is 0 Å². The second-order valence-corrected chi connectivity index (χ2v) is 5.01. The van der Waals surface area contributed by atoms with Gasteiger partial charge in [-0.25, -0.2) is 4.68 Å². The van der Waals surface area contributed by atoms with E-state index in [2.05, 4.69) is 5.10 Å². The third-order valence-electron chi connectivity index (χ3n) is 3.58. The minimum Gasteiger partial charge on any atom is -0.293 e. The summed E-state index contributed by atoms with van der Waals surface area (Å²) in [5.41, 5.74) is 2.61. The van der Waals surface area contributed by atoms with E-state index in [1.807, 2.05) is 67.6 Å². The molecule has 0 aliphatic rings. The van der Waals surface area contributed by atoms with E-state index in [0.29, 0.717) is 5.56 Å². The smallest absolute Gasteiger partial charge is 0.173 e. The van der Waals surface area contributed by atoms with Crippen LogP contribution in [0.15, 0.2) is 73.1 Å². The van der Waals surface area contributed by atoms with E-state index in [1.165, 1.54) is 0 Å². The van der Waals surface area contributed by atoms with Crippen molar-refractivity contribution in [2.75, 3.05) is 0 Å². The molecule has 3 aromatic rings. The minimum atomic E-state index is -0.167. The molecular weight excluding hydrogens is 260 g/mol. The van der Waals surface area contributed by atoms with E-state index >= 15 is 0 Å². The van der Waals surface area contributed by atoms with Crippen LogP contribution < -0.4 is 0 Å². The average Bonchev–Trinajstić information content (AvgIpc) is 3.05. The van der Waals surface area contributed by atoms with Crippen molar-refractivity contribution < 1.29 is 4.79 Å². The van der Waals surface area contributed by atoms with E-state index < -0.39 is 0 Å². The summed E-state index contributed by atoms with van der Waals surface area (Å²) in [7, 11) is 0. The molecule has 3 heteroatoms. The van der Waals surface area contributed by atoms with E-state index in [9.17, 15) is 4.79 Å². The molecule has 1 heterocycles. The normalized spacial score (nSPS) is 12.0. The van der Waals surface area contributed by atoms with Crippen LogP contribution in [-0.4, -0.2) is 15.6 Å².